The van der Waals surface area contributed by atoms with Crippen molar-refractivity contribution >= 4 is 23.2 Å². The van der Waals surface area contributed by atoms with Crippen LogP contribution in [0.4, 0.5) is 5.69 Å². The minimum atomic E-state index is -0.341. The molecule has 3 nitrogen and oxygen atoms in total. The van der Waals surface area contributed by atoms with E-state index in [2.05, 4.69) is 17.3 Å². The molecule has 1 aromatic rings. The smallest absolute Gasteiger partial charge is 0.235 e. The van der Waals surface area contributed by atoms with E-state index in [9.17, 15) is 4.79 Å². The first-order valence-corrected chi connectivity index (χ1v) is 6.30. The molecule has 0 radical (unpaired) electrons. The topological polar surface area (TPSA) is 32.3 Å². The summed E-state index contributed by atoms with van der Waals surface area (Å²) in [6.07, 6.45) is 1.76. The van der Waals surface area contributed by atoms with Crippen molar-refractivity contribution in [2.45, 2.75) is 18.3 Å². The van der Waals surface area contributed by atoms with Crippen molar-refractivity contribution in [3.05, 3.63) is 28.8 Å². The number of carbonyl (C=O) groups is 1. The van der Waals surface area contributed by atoms with Crippen LogP contribution in [-0.4, -0.2) is 30.9 Å². The minimum absolute atomic E-state index is 0.119. The largest absolute Gasteiger partial charge is 0.324 e. The zero-order valence-electron chi connectivity index (χ0n) is 9.79. The van der Waals surface area contributed by atoms with Gasteiger partial charge in [0.2, 0.25) is 5.91 Å². The summed E-state index contributed by atoms with van der Waals surface area (Å²) in [7, 11) is 2.10. The molecule has 0 aromatic heterocycles. The number of fused-ring (bicyclic) bond motifs is 2. The highest BCUT2D eigenvalue weighted by Gasteiger charge is 2.48. The zero-order valence-corrected chi connectivity index (χ0v) is 10.5. The van der Waals surface area contributed by atoms with Gasteiger partial charge in [-0.1, -0.05) is 23.7 Å². The van der Waals surface area contributed by atoms with E-state index in [1.165, 1.54) is 0 Å². The lowest BCUT2D eigenvalue weighted by Crippen LogP contribution is -2.45. The van der Waals surface area contributed by atoms with Crippen LogP contribution < -0.4 is 5.32 Å². The molecule has 1 fully saturated rings. The molecule has 90 valence electrons. The zero-order chi connectivity index (χ0) is 12.0. The first kappa shape index (κ1) is 11.1. The van der Waals surface area contributed by atoms with E-state index in [0.29, 0.717) is 5.02 Å². The summed E-state index contributed by atoms with van der Waals surface area (Å²) >= 11 is 6.14. The van der Waals surface area contributed by atoms with Crippen LogP contribution in [0.15, 0.2) is 18.2 Å². The Kier molecular flexibility index (Phi) is 2.42. The molecule has 0 saturated carbocycles. The molecule has 17 heavy (non-hydrogen) atoms. The summed E-state index contributed by atoms with van der Waals surface area (Å²) in [5.41, 5.74) is 1.57. The highest BCUT2D eigenvalue weighted by Crippen LogP contribution is 2.47. The fourth-order valence-electron chi connectivity index (χ4n) is 2.90. The number of para-hydroxylation sites is 1. The highest BCUT2D eigenvalue weighted by molar-refractivity contribution is 6.34. The Morgan fingerprint density at radius 1 is 1.35 bits per heavy atom. The molecule has 1 saturated heterocycles. The maximum atomic E-state index is 12.3. The van der Waals surface area contributed by atoms with Gasteiger partial charge in [-0.2, -0.15) is 0 Å². The third-order valence-electron chi connectivity index (χ3n) is 4.04. The summed E-state index contributed by atoms with van der Waals surface area (Å²) in [6.45, 7) is 1.92. The molecule has 1 aromatic carbocycles. The molecule has 0 bridgehead atoms. The first-order valence-electron chi connectivity index (χ1n) is 5.92. The molecular weight excluding hydrogens is 236 g/mol. The van der Waals surface area contributed by atoms with Crippen LogP contribution >= 0.6 is 11.6 Å². The number of hydrogen-bond donors (Lipinski definition) is 1. The third kappa shape index (κ3) is 1.49. The Bertz CT molecular complexity index is 478. The monoisotopic (exact) mass is 250 g/mol. The second-order valence-electron chi connectivity index (χ2n) is 5.00. The van der Waals surface area contributed by atoms with Crippen molar-refractivity contribution in [2.24, 2.45) is 0 Å². The van der Waals surface area contributed by atoms with Gasteiger partial charge in [-0.25, -0.2) is 0 Å². The summed E-state index contributed by atoms with van der Waals surface area (Å²) in [5.74, 6) is 0.119. The van der Waals surface area contributed by atoms with Gasteiger partial charge < -0.3 is 10.2 Å². The standard InChI is InChI=1S/C13H15ClN2O/c1-16-7-5-13(6-8-16)9-3-2-4-10(14)11(9)15-12(13)17/h2-4H,5-8H2,1H3,(H,15,17). The van der Waals surface area contributed by atoms with E-state index in [4.69, 9.17) is 11.6 Å². The van der Waals surface area contributed by atoms with E-state index in [1.807, 2.05) is 18.2 Å². The molecule has 3 rings (SSSR count). The molecule has 0 unspecified atom stereocenters. The molecule has 2 heterocycles. The number of benzene rings is 1. The van der Waals surface area contributed by atoms with Crippen molar-refractivity contribution in [1.29, 1.82) is 0 Å². The van der Waals surface area contributed by atoms with E-state index >= 15 is 0 Å². The van der Waals surface area contributed by atoms with Crippen LogP contribution in [0.25, 0.3) is 0 Å². The number of rotatable bonds is 0. The normalized spacial score (nSPS) is 22.6. The van der Waals surface area contributed by atoms with Gasteiger partial charge in [0, 0.05) is 0 Å². The van der Waals surface area contributed by atoms with Gasteiger partial charge in [0.25, 0.3) is 0 Å². The minimum Gasteiger partial charge on any atom is -0.324 e. The molecule has 2 aliphatic heterocycles. The molecule has 1 N–H and O–H groups in total. The van der Waals surface area contributed by atoms with Gasteiger partial charge in [-0.3, -0.25) is 4.79 Å². The van der Waals surface area contributed by atoms with Crippen molar-refractivity contribution < 1.29 is 4.79 Å². The lowest BCUT2D eigenvalue weighted by Gasteiger charge is -2.36. The summed E-state index contributed by atoms with van der Waals surface area (Å²) in [5, 5.41) is 3.60. The molecule has 1 amide bonds. The van der Waals surface area contributed by atoms with E-state index in [0.717, 1.165) is 37.2 Å². The number of anilines is 1. The van der Waals surface area contributed by atoms with E-state index in [-0.39, 0.29) is 11.3 Å². The third-order valence-corrected chi connectivity index (χ3v) is 4.36. The quantitative estimate of drug-likeness (QED) is 0.766. The van der Waals surface area contributed by atoms with Crippen LogP contribution in [-0.2, 0) is 10.2 Å². The van der Waals surface area contributed by atoms with Crippen molar-refractivity contribution in [3.8, 4) is 0 Å². The van der Waals surface area contributed by atoms with Gasteiger partial charge in [0.1, 0.15) is 0 Å². The predicted octanol–water partition coefficient (Wildman–Crippen LogP) is 2.26. The molecule has 0 atom stereocenters. The summed E-state index contributed by atoms with van der Waals surface area (Å²) in [4.78, 5) is 14.5. The number of amides is 1. The van der Waals surface area contributed by atoms with Crippen LogP contribution in [0.3, 0.4) is 0 Å². The Morgan fingerprint density at radius 3 is 2.76 bits per heavy atom. The molecule has 1 spiro atoms. The van der Waals surface area contributed by atoms with Gasteiger partial charge >= 0.3 is 0 Å². The van der Waals surface area contributed by atoms with Crippen molar-refractivity contribution in [3.63, 3.8) is 0 Å². The van der Waals surface area contributed by atoms with Gasteiger partial charge in [-0.15, -0.1) is 0 Å². The lowest BCUT2D eigenvalue weighted by molar-refractivity contribution is -0.122. The Labute approximate surface area is 106 Å². The van der Waals surface area contributed by atoms with Crippen molar-refractivity contribution in [1.82, 2.24) is 4.90 Å². The maximum absolute atomic E-state index is 12.3. The van der Waals surface area contributed by atoms with E-state index < -0.39 is 0 Å². The number of piperidine rings is 1. The lowest BCUT2D eigenvalue weighted by atomic mass is 9.74. The van der Waals surface area contributed by atoms with Crippen LogP contribution in [0.2, 0.25) is 5.02 Å². The first-order chi connectivity index (χ1) is 8.13. The predicted molar refractivity (Wildman–Crippen MR) is 68.5 cm³/mol. The number of halogens is 1. The van der Waals surface area contributed by atoms with Crippen molar-refractivity contribution in [2.75, 3.05) is 25.5 Å². The number of nitrogens with one attached hydrogen (secondary N) is 1. The molecule has 4 heteroatoms. The average Bonchev–Trinajstić information content (AvgIpc) is 2.59. The SMILES string of the molecule is CN1CCC2(CC1)C(=O)Nc1c(Cl)cccc12. The summed E-state index contributed by atoms with van der Waals surface area (Å²) < 4.78 is 0. The van der Waals surface area contributed by atoms with Gasteiger partial charge in [0.15, 0.2) is 0 Å². The molecular formula is C13H15ClN2O. The van der Waals surface area contributed by atoms with Crippen LogP contribution in [0.1, 0.15) is 18.4 Å². The fraction of sp³-hybridized carbons (Fsp3) is 0.462. The maximum Gasteiger partial charge on any atom is 0.235 e. The highest BCUT2D eigenvalue weighted by atomic mass is 35.5. The summed E-state index contributed by atoms with van der Waals surface area (Å²) in [6, 6.07) is 5.79. The Hall–Kier alpha value is -1.06. The second kappa shape index (κ2) is 3.72. The van der Waals surface area contributed by atoms with E-state index in [1.54, 1.807) is 0 Å². The number of likely N-dealkylation sites (tertiary alicyclic amines) is 1. The van der Waals surface area contributed by atoms with Gasteiger partial charge in [0.05, 0.1) is 16.1 Å². The fourth-order valence-corrected chi connectivity index (χ4v) is 3.12. The van der Waals surface area contributed by atoms with Crippen LogP contribution in [0, 0.1) is 0 Å². The molecule has 0 aliphatic carbocycles. The van der Waals surface area contributed by atoms with Crippen LogP contribution in [0.5, 0.6) is 0 Å². The Balaban J connectivity index is 2.08. The second-order valence-corrected chi connectivity index (χ2v) is 5.41. The number of nitrogens with zero attached hydrogens (tertiary/aromatic N) is 1. The Morgan fingerprint density at radius 2 is 2.06 bits per heavy atom. The average molecular weight is 251 g/mol. The number of carbonyl (C=O) groups excluding carboxylic acids is 1. The molecule has 2 aliphatic rings. The van der Waals surface area contributed by atoms with Gasteiger partial charge in [-0.05, 0) is 44.6 Å². The number of hydrogen-bond acceptors (Lipinski definition) is 2.